The van der Waals surface area contributed by atoms with Gasteiger partial charge >= 0.3 is 0 Å². The number of amides is 1. The lowest BCUT2D eigenvalue weighted by atomic mass is 9.83. The number of hydrogen-bond donors (Lipinski definition) is 2. The lowest BCUT2D eigenvalue weighted by Crippen LogP contribution is -2.40. The van der Waals surface area contributed by atoms with Crippen LogP contribution in [0.15, 0.2) is 18.3 Å². The van der Waals surface area contributed by atoms with E-state index < -0.39 is 0 Å². The molecule has 2 rings (SSSR count). The highest BCUT2D eigenvalue weighted by Crippen LogP contribution is 2.27. The molecule has 0 bridgehead atoms. The van der Waals surface area contributed by atoms with Crippen molar-refractivity contribution in [2.75, 3.05) is 12.4 Å². The molecule has 0 radical (unpaired) electrons. The Bertz CT molecular complexity index is 424. The van der Waals surface area contributed by atoms with Gasteiger partial charge in [0.05, 0.1) is 5.56 Å². The van der Waals surface area contributed by atoms with Gasteiger partial charge in [-0.15, -0.1) is 0 Å². The second kappa shape index (κ2) is 7.27. The SMILES string of the molecule is CCC(NC(=O)c1ccc(NC)nc1)C1CCCCC1. The van der Waals surface area contributed by atoms with Crippen LogP contribution < -0.4 is 10.6 Å². The molecule has 0 spiro atoms. The molecule has 1 saturated carbocycles. The Balaban J connectivity index is 1.96. The Kier molecular flexibility index (Phi) is 5.39. The van der Waals surface area contributed by atoms with Gasteiger partial charge in [-0.3, -0.25) is 4.79 Å². The summed E-state index contributed by atoms with van der Waals surface area (Å²) in [7, 11) is 1.82. The second-order valence-electron chi connectivity index (χ2n) is 5.57. The van der Waals surface area contributed by atoms with E-state index in [1.807, 2.05) is 19.2 Å². The van der Waals surface area contributed by atoms with Crippen LogP contribution in [0.3, 0.4) is 0 Å². The highest BCUT2D eigenvalue weighted by atomic mass is 16.1. The maximum atomic E-state index is 12.3. The molecule has 4 heteroatoms. The number of anilines is 1. The number of carbonyl (C=O) groups is 1. The van der Waals surface area contributed by atoms with Crippen molar-refractivity contribution in [2.24, 2.45) is 5.92 Å². The zero-order valence-corrected chi connectivity index (χ0v) is 12.5. The van der Waals surface area contributed by atoms with Gasteiger partial charge in [0.25, 0.3) is 5.91 Å². The maximum Gasteiger partial charge on any atom is 0.253 e. The van der Waals surface area contributed by atoms with Crippen LogP contribution in [0.25, 0.3) is 0 Å². The highest BCUT2D eigenvalue weighted by molar-refractivity contribution is 5.94. The van der Waals surface area contributed by atoms with Crippen LogP contribution in [-0.4, -0.2) is 24.0 Å². The van der Waals surface area contributed by atoms with Crippen molar-refractivity contribution >= 4 is 11.7 Å². The van der Waals surface area contributed by atoms with E-state index in [9.17, 15) is 4.79 Å². The van der Waals surface area contributed by atoms with Gasteiger partial charge in [0.1, 0.15) is 5.82 Å². The Morgan fingerprint density at radius 1 is 1.35 bits per heavy atom. The topological polar surface area (TPSA) is 54.0 Å². The second-order valence-corrected chi connectivity index (χ2v) is 5.57. The van der Waals surface area contributed by atoms with Crippen LogP contribution in [0.1, 0.15) is 55.8 Å². The number of rotatable bonds is 5. The molecule has 1 atom stereocenters. The molecule has 1 aromatic rings. The third-order valence-electron chi connectivity index (χ3n) is 4.26. The van der Waals surface area contributed by atoms with Crippen LogP contribution in [0.4, 0.5) is 5.82 Å². The summed E-state index contributed by atoms with van der Waals surface area (Å²) in [6.07, 6.45) is 9.07. The van der Waals surface area contributed by atoms with E-state index >= 15 is 0 Å². The fraction of sp³-hybridized carbons (Fsp3) is 0.625. The summed E-state index contributed by atoms with van der Waals surface area (Å²) in [6.45, 7) is 2.15. The predicted octanol–water partition coefficient (Wildman–Crippen LogP) is 3.21. The summed E-state index contributed by atoms with van der Waals surface area (Å²) in [6, 6.07) is 3.95. The standard InChI is InChI=1S/C16H25N3O/c1-3-14(12-7-5-4-6-8-12)19-16(20)13-9-10-15(17-2)18-11-13/h9-12,14H,3-8H2,1-2H3,(H,17,18)(H,19,20). The summed E-state index contributed by atoms with van der Waals surface area (Å²) < 4.78 is 0. The molecule has 1 amide bonds. The minimum atomic E-state index is -0.00224. The third-order valence-corrected chi connectivity index (χ3v) is 4.26. The lowest BCUT2D eigenvalue weighted by molar-refractivity contribution is 0.0911. The van der Waals surface area contributed by atoms with Crippen molar-refractivity contribution in [1.82, 2.24) is 10.3 Å². The van der Waals surface area contributed by atoms with Crippen LogP contribution in [0.5, 0.6) is 0 Å². The van der Waals surface area contributed by atoms with E-state index in [0.717, 1.165) is 12.2 Å². The molecule has 4 nitrogen and oxygen atoms in total. The van der Waals surface area contributed by atoms with Crippen LogP contribution in [-0.2, 0) is 0 Å². The molecule has 1 fully saturated rings. The molecular weight excluding hydrogens is 250 g/mol. The van der Waals surface area contributed by atoms with Crippen molar-refractivity contribution in [3.63, 3.8) is 0 Å². The van der Waals surface area contributed by atoms with Gasteiger partial charge in [0.15, 0.2) is 0 Å². The first-order valence-corrected chi connectivity index (χ1v) is 7.69. The zero-order valence-electron chi connectivity index (χ0n) is 12.5. The van der Waals surface area contributed by atoms with Crippen LogP contribution >= 0.6 is 0 Å². The normalized spacial score (nSPS) is 17.5. The lowest BCUT2D eigenvalue weighted by Gasteiger charge is -2.30. The first kappa shape index (κ1) is 14.8. The average Bonchev–Trinajstić information content (AvgIpc) is 2.53. The molecule has 1 aromatic heterocycles. The average molecular weight is 275 g/mol. The summed E-state index contributed by atoms with van der Waals surface area (Å²) in [5.41, 5.74) is 0.637. The number of pyridine rings is 1. The first-order chi connectivity index (χ1) is 9.74. The fourth-order valence-corrected chi connectivity index (χ4v) is 3.02. The van der Waals surface area contributed by atoms with Gasteiger partial charge in [-0.1, -0.05) is 26.2 Å². The largest absolute Gasteiger partial charge is 0.373 e. The van der Waals surface area contributed by atoms with Crippen molar-refractivity contribution in [3.05, 3.63) is 23.9 Å². The third kappa shape index (κ3) is 3.71. The van der Waals surface area contributed by atoms with Crippen molar-refractivity contribution < 1.29 is 4.79 Å². The number of nitrogens with one attached hydrogen (secondary N) is 2. The molecule has 1 unspecified atom stereocenters. The quantitative estimate of drug-likeness (QED) is 0.867. The minimum absolute atomic E-state index is 0.00224. The van der Waals surface area contributed by atoms with Gasteiger partial charge < -0.3 is 10.6 Å². The van der Waals surface area contributed by atoms with Gasteiger partial charge in [-0.25, -0.2) is 4.98 Å². The molecule has 1 aliphatic carbocycles. The molecule has 1 heterocycles. The highest BCUT2D eigenvalue weighted by Gasteiger charge is 2.24. The van der Waals surface area contributed by atoms with E-state index in [-0.39, 0.29) is 5.91 Å². The number of nitrogens with zero attached hydrogens (tertiary/aromatic N) is 1. The summed E-state index contributed by atoms with van der Waals surface area (Å²) >= 11 is 0. The number of aromatic nitrogens is 1. The summed E-state index contributed by atoms with van der Waals surface area (Å²) in [5, 5.41) is 6.14. The minimum Gasteiger partial charge on any atom is -0.373 e. The molecule has 1 aliphatic rings. The van der Waals surface area contributed by atoms with E-state index in [2.05, 4.69) is 22.5 Å². The van der Waals surface area contributed by atoms with Gasteiger partial charge in [0.2, 0.25) is 0 Å². The zero-order chi connectivity index (χ0) is 14.4. The Morgan fingerprint density at radius 3 is 2.65 bits per heavy atom. The van der Waals surface area contributed by atoms with Gasteiger partial charge in [-0.2, -0.15) is 0 Å². The van der Waals surface area contributed by atoms with Crippen molar-refractivity contribution in [2.45, 2.75) is 51.5 Å². The van der Waals surface area contributed by atoms with Crippen LogP contribution in [0.2, 0.25) is 0 Å². The molecule has 20 heavy (non-hydrogen) atoms. The van der Waals surface area contributed by atoms with Crippen LogP contribution in [0, 0.1) is 5.92 Å². The molecule has 0 aliphatic heterocycles. The summed E-state index contributed by atoms with van der Waals surface area (Å²) in [4.78, 5) is 16.5. The molecule has 0 saturated heterocycles. The van der Waals surface area contributed by atoms with E-state index in [4.69, 9.17) is 0 Å². The van der Waals surface area contributed by atoms with Gasteiger partial charge in [-0.05, 0) is 37.3 Å². The van der Waals surface area contributed by atoms with Gasteiger partial charge in [0, 0.05) is 19.3 Å². The molecule has 110 valence electrons. The Hall–Kier alpha value is -1.58. The van der Waals surface area contributed by atoms with E-state index in [1.54, 1.807) is 6.20 Å². The maximum absolute atomic E-state index is 12.3. The predicted molar refractivity (Wildman–Crippen MR) is 81.9 cm³/mol. The molecule has 0 aromatic carbocycles. The van der Waals surface area contributed by atoms with E-state index in [0.29, 0.717) is 17.5 Å². The Labute approximate surface area is 121 Å². The van der Waals surface area contributed by atoms with Crippen molar-refractivity contribution in [1.29, 1.82) is 0 Å². The Morgan fingerprint density at radius 2 is 2.10 bits per heavy atom. The number of carbonyl (C=O) groups excluding carboxylic acids is 1. The fourth-order valence-electron chi connectivity index (χ4n) is 3.02. The molecule has 2 N–H and O–H groups in total. The monoisotopic (exact) mass is 275 g/mol. The van der Waals surface area contributed by atoms with E-state index in [1.165, 1.54) is 32.1 Å². The van der Waals surface area contributed by atoms with Crippen molar-refractivity contribution in [3.8, 4) is 0 Å². The molecular formula is C16H25N3O. The first-order valence-electron chi connectivity index (χ1n) is 7.69. The number of hydrogen-bond acceptors (Lipinski definition) is 3. The smallest absolute Gasteiger partial charge is 0.253 e. The summed E-state index contributed by atoms with van der Waals surface area (Å²) in [5.74, 6) is 1.42.